The van der Waals surface area contributed by atoms with Crippen LogP contribution in [0.4, 0.5) is 4.39 Å². The van der Waals surface area contributed by atoms with E-state index in [1.54, 1.807) is 48.1 Å². The minimum atomic E-state index is -0.294. The van der Waals surface area contributed by atoms with Crippen LogP contribution in [0.15, 0.2) is 65.7 Å². The Kier molecular flexibility index (Phi) is 4.76. The number of hydrogen-bond acceptors (Lipinski definition) is 4. The lowest BCUT2D eigenvalue weighted by Crippen LogP contribution is -2.24. The second-order valence-corrected chi connectivity index (χ2v) is 6.64. The summed E-state index contributed by atoms with van der Waals surface area (Å²) in [5.74, 6) is -0.539. The molecule has 1 amide bonds. The Bertz CT molecular complexity index is 1060. The molecule has 2 N–H and O–H groups in total. The van der Waals surface area contributed by atoms with E-state index in [-0.39, 0.29) is 18.3 Å². The summed E-state index contributed by atoms with van der Waals surface area (Å²) in [6.07, 6.45) is 4.97. The van der Waals surface area contributed by atoms with Gasteiger partial charge in [-0.15, -0.1) is 0 Å². The molecule has 0 radical (unpaired) electrons. The van der Waals surface area contributed by atoms with Crippen LogP contribution in [0.1, 0.15) is 16.2 Å². The van der Waals surface area contributed by atoms with E-state index in [1.165, 1.54) is 12.1 Å². The van der Waals surface area contributed by atoms with E-state index < -0.39 is 0 Å². The molecule has 0 atom stereocenters. The molecule has 0 saturated heterocycles. The van der Waals surface area contributed by atoms with Gasteiger partial charge in [-0.1, -0.05) is 12.1 Å². The number of nitrogens with one attached hydrogen (secondary N) is 2. The van der Waals surface area contributed by atoms with Gasteiger partial charge in [0, 0.05) is 29.5 Å². The third-order valence-corrected chi connectivity index (χ3v) is 4.77. The number of carbonyl (C=O) groups is 1. The Morgan fingerprint density at radius 1 is 1.07 bits per heavy atom. The number of aromatic amines is 1. The lowest BCUT2D eigenvalue weighted by Gasteiger charge is -2.07. The van der Waals surface area contributed by atoms with Gasteiger partial charge in [-0.2, -0.15) is 11.3 Å². The van der Waals surface area contributed by atoms with Crippen molar-refractivity contribution >= 4 is 17.2 Å². The molecule has 134 valence electrons. The number of amides is 1. The van der Waals surface area contributed by atoms with Gasteiger partial charge in [0.05, 0.1) is 17.9 Å². The zero-order chi connectivity index (χ0) is 18.6. The van der Waals surface area contributed by atoms with Gasteiger partial charge in [-0.3, -0.25) is 14.8 Å². The highest BCUT2D eigenvalue weighted by atomic mass is 32.1. The summed E-state index contributed by atoms with van der Waals surface area (Å²) in [4.78, 5) is 24.1. The van der Waals surface area contributed by atoms with Crippen molar-refractivity contribution in [3.05, 3.63) is 83.0 Å². The van der Waals surface area contributed by atoms with Crippen LogP contribution >= 0.6 is 11.3 Å². The van der Waals surface area contributed by atoms with E-state index in [4.69, 9.17) is 0 Å². The number of benzene rings is 1. The van der Waals surface area contributed by atoms with E-state index in [9.17, 15) is 9.18 Å². The van der Waals surface area contributed by atoms with E-state index in [2.05, 4.69) is 20.3 Å². The third kappa shape index (κ3) is 3.78. The summed E-state index contributed by atoms with van der Waals surface area (Å²) in [6, 6.07) is 9.84. The van der Waals surface area contributed by atoms with Crippen molar-refractivity contribution in [1.82, 2.24) is 20.3 Å². The Balaban J connectivity index is 1.47. The highest BCUT2D eigenvalue weighted by Crippen LogP contribution is 2.23. The van der Waals surface area contributed by atoms with Gasteiger partial charge in [0.2, 0.25) is 0 Å². The molecule has 3 heterocycles. The number of halogens is 1. The van der Waals surface area contributed by atoms with Crippen LogP contribution in [-0.4, -0.2) is 20.9 Å². The fraction of sp³-hybridized carbons (Fsp3) is 0.0500. The summed E-state index contributed by atoms with van der Waals surface area (Å²) < 4.78 is 13.0. The van der Waals surface area contributed by atoms with Crippen molar-refractivity contribution in [2.75, 3.05) is 0 Å². The van der Waals surface area contributed by atoms with Crippen molar-refractivity contribution in [1.29, 1.82) is 0 Å². The van der Waals surface area contributed by atoms with Gasteiger partial charge in [0.1, 0.15) is 11.5 Å². The normalized spacial score (nSPS) is 10.7. The Morgan fingerprint density at radius 3 is 2.67 bits per heavy atom. The van der Waals surface area contributed by atoms with E-state index >= 15 is 0 Å². The number of hydrogen-bond donors (Lipinski definition) is 2. The smallest absolute Gasteiger partial charge is 0.268 e. The maximum Gasteiger partial charge on any atom is 0.268 e. The van der Waals surface area contributed by atoms with Crippen molar-refractivity contribution in [2.24, 2.45) is 0 Å². The summed E-state index contributed by atoms with van der Waals surface area (Å²) in [7, 11) is 0. The first-order valence-corrected chi connectivity index (χ1v) is 9.20. The zero-order valence-electron chi connectivity index (χ0n) is 14.1. The predicted molar refractivity (Wildman–Crippen MR) is 103 cm³/mol. The highest BCUT2D eigenvalue weighted by molar-refractivity contribution is 7.08. The summed E-state index contributed by atoms with van der Waals surface area (Å²) in [5.41, 5.74) is 4.53. The molecule has 0 saturated carbocycles. The zero-order valence-corrected chi connectivity index (χ0v) is 15.0. The predicted octanol–water partition coefficient (Wildman–Crippen LogP) is 4.27. The molecule has 4 rings (SSSR count). The summed E-state index contributed by atoms with van der Waals surface area (Å²) in [6.45, 7) is 0.267. The number of nitrogens with zero attached hydrogens (tertiary/aromatic N) is 2. The summed E-state index contributed by atoms with van der Waals surface area (Å²) in [5, 5.41) is 6.83. The molecular weight excluding hydrogens is 363 g/mol. The second-order valence-electron chi connectivity index (χ2n) is 5.86. The molecular formula is C20H15FN4OS. The number of thiophene rings is 1. The maximum atomic E-state index is 13.0. The number of H-pyrrole nitrogens is 1. The lowest BCUT2D eigenvalue weighted by atomic mass is 10.1. The van der Waals surface area contributed by atoms with E-state index in [0.717, 1.165) is 22.4 Å². The van der Waals surface area contributed by atoms with Gasteiger partial charge >= 0.3 is 0 Å². The Hall–Kier alpha value is -3.32. The highest BCUT2D eigenvalue weighted by Gasteiger charge is 2.13. The molecule has 0 aliphatic heterocycles. The molecule has 3 aromatic heterocycles. The molecule has 4 aromatic rings. The molecule has 0 bridgehead atoms. The SMILES string of the molecule is O=C(NCc1nccnc1-c1ccsc1)c1cc(-c2ccc(F)cc2)c[nH]1. The van der Waals surface area contributed by atoms with Crippen LogP contribution in [0.25, 0.3) is 22.4 Å². The molecule has 1 aromatic carbocycles. The molecule has 7 heteroatoms. The van der Waals surface area contributed by atoms with Gasteiger partial charge in [0.25, 0.3) is 5.91 Å². The Morgan fingerprint density at radius 2 is 1.89 bits per heavy atom. The maximum absolute atomic E-state index is 13.0. The fourth-order valence-corrected chi connectivity index (χ4v) is 3.37. The molecule has 0 fully saturated rings. The first-order chi connectivity index (χ1) is 13.2. The van der Waals surface area contributed by atoms with Crippen LogP contribution in [0.2, 0.25) is 0 Å². The first kappa shape index (κ1) is 17.1. The van der Waals surface area contributed by atoms with Gasteiger partial charge in [-0.05, 0) is 40.8 Å². The minimum absolute atomic E-state index is 0.245. The minimum Gasteiger partial charge on any atom is -0.357 e. The fourth-order valence-electron chi connectivity index (χ4n) is 2.73. The van der Waals surface area contributed by atoms with Crippen LogP contribution in [0.3, 0.4) is 0 Å². The van der Waals surface area contributed by atoms with Crippen LogP contribution in [0, 0.1) is 5.82 Å². The van der Waals surface area contributed by atoms with Crippen molar-refractivity contribution in [2.45, 2.75) is 6.54 Å². The van der Waals surface area contributed by atoms with Gasteiger partial charge < -0.3 is 10.3 Å². The quantitative estimate of drug-likeness (QED) is 0.545. The van der Waals surface area contributed by atoms with Crippen LogP contribution in [-0.2, 0) is 6.54 Å². The first-order valence-electron chi connectivity index (χ1n) is 8.26. The van der Waals surface area contributed by atoms with Crippen molar-refractivity contribution in [3.63, 3.8) is 0 Å². The number of rotatable bonds is 5. The largest absolute Gasteiger partial charge is 0.357 e. The topological polar surface area (TPSA) is 70.7 Å². The average molecular weight is 378 g/mol. The molecule has 27 heavy (non-hydrogen) atoms. The average Bonchev–Trinajstić information content (AvgIpc) is 3.39. The number of aromatic nitrogens is 3. The standard InChI is InChI=1S/C20H15FN4OS/c21-16-3-1-13(2-4-16)15-9-17(24-10-15)20(26)25-11-18-19(23-7-6-22-18)14-5-8-27-12-14/h1-10,12,24H,11H2,(H,25,26). The summed E-state index contributed by atoms with van der Waals surface area (Å²) >= 11 is 1.58. The van der Waals surface area contributed by atoms with Crippen LogP contribution < -0.4 is 5.32 Å². The second kappa shape index (κ2) is 7.51. The van der Waals surface area contributed by atoms with Crippen LogP contribution in [0.5, 0.6) is 0 Å². The molecule has 0 aliphatic rings. The van der Waals surface area contributed by atoms with E-state index in [0.29, 0.717) is 11.4 Å². The van der Waals surface area contributed by atoms with E-state index in [1.807, 2.05) is 16.8 Å². The monoisotopic (exact) mass is 378 g/mol. The Labute approximate surface area is 158 Å². The molecule has 0 spiro atoms. The third-order valence-electron chi connectivity index (χ3n) is 4.09. The molecule has 5 nitrogen and oxygen atoms in total. The van der Waals surface area contributed by atoms with Crippen molar-refractivity contribution in [3.8, 4) is 22.4 Å². The molecule has 0 aliphatic carbocycles. The molecule has 0 unspecified atom stereocenters. The van der Waals surface area contributed by atoms with Gasteiger partial charge in [0.15, 0.2) is 0 Å². The van der Waals surface area contributed by atoms with Crippen molar-refractivity contribution < 1.29 is 9.18 Å². The van der Waals surface area contributed by atoms with Gasteiger partial charge in [-0.25, -0.2) is 4.39 Å². The number of carbonyl (C=O) groups excluding carboxylic acids is 1. The lowest BCUT2D eigenvalue weighted by molar-refractivity contribution is 0.0946.